The van der Waals surface area contributed by atoms with Gasteiger partial charge in [-0.2, -0.15) is 0 Å². The van der Waals surface area contributed by atoms with E-state index in [-0.39, 0.29) is 18.2 Å². The average Bonchev–Trinajstić information content (AvgIpc) is 3.19. The van der Waals surface area contributed by atoms with E-state index >= 15 is 0 Å². The molecule has 5 heteroatoms. The maximum absolute atomic E-state index is 13.2. The van der Waals surface area contributed by atoms with Gasteiger partial charge < -0.3 is 10.6 Å². The van der Waals surface area contributed by atoms with E-state index in [4.69, 9.17) is 0 Å². The van der Waals surface area contributed by atoms with Crippen molar-refractivity contribution >= 4 is 33.8 Å². The summed E-state index contributed by atoms with van der Waals surface area (Å²) in [5.41, 5.74) is 3.82. The number of hydrogen-bond donors (Lipinski definition) is 2. The van der Waals surface area contributed by atoms with Crippen LogP contribution < -0.4 is 10.6 Å². The molecule has 0 spiro atoms. The van der Waals surface area contributed by atoms with Crippen LogP contribution in [0.15, 0.2) is 96.4 Å². The minimum Gasteiger partial charge on any atom is -0.322 e. The molecule has 4 aromatic rings. The van der Waals surface area contributed by atoms with Crippen molar-refractivity contribution in [3.05, 3.63) is 108 Å². The molecular formula is C25H20N2O2S. The Morgan fingerprint density at radius 1 is 0.733 bits per heavy atom. The van der Waals surface area contributed by atoms with E-state index < -0.39 is 0 Å². The molecule has 4 nitrogen and oxygen atoms in total. The zero-order valence-electron chi connectivity index (χ0n) is 16.2. The number of amides is 2. The largest absolute Gasteiger partial charge is 0.322 e. The molecule has 4 rings (SSSR count). The monoisotopic (exact) mass is 412 g/mol. The fourth-order valence-electron chi connectivity index (χ4n) is 3.17. The van der Waals surface area contributed by atoms with Crippen molar-refractivity contribution in [2.45, 2.75) is 6.42 Å². The molecule has 0 bridgehead atoms. The molecule has 148 valence electrons. The molecule has 1 heterocycles. The normalized spacial score (nSPS) is 10.4. The van der Waals surface area contributed by atoms with Gasteiger partial charge in [0.2, 0.25) is 5.91 Å². The Bertz CT molecular complexity index is 1140. The molecule has 2 N–H and O–H groups in total. The topological polar surface area (TPSA) is 58.2 Å². The second kappa shape index (κ2) is 9.20. The van der Waals surface area contributed by atoms with Crippen LogP contribution in [0.5, 0.6) is 0 Å². The molecule has 1 aromatic heterocycles. The maximum atomic E-state index is 13.2. The van der Waals surface area contributed by atoms with Crippen LogP contribution in [0.25, 0.3) is 11.1 Å². The van der Waals surface area contributed by atoms with Gasteiger partial charge in [-0.3, -0.25) is 9.59 Å². The first-order valence-corrected chi connectivity index (χ1v) is 10.5. The van der Waals surface area contributed by atoms with Crippen LogP contribution >= 0.6 is 11.3 Å². The molecule has 0 unspecified atom stereocenters. The van der Waals surface area contributed by atoms with Crippen LogP contribution in [0.3, 0.4) is 0 Å². The van der Waals surface area contributed by atoms with E-state index in [1.165, 1.54) is 11.3 Å². The lowest BCUT2D eigenvalue weighted by Crippen LogP contribution is -2.18. The number of para-hydroxylation sites is 1. The van der Waals surface area contributed by atoms with E-state index in [0.29, 0.717) is 16.3 Å². The first kappa shape index (κ1) is 19.6. The van der Waals surface area contributed by atoms with Crippen molar-refractivity contribution in [1.82, 2.24) is 0 Å². The highest BCUT2D eigenvalue weighted by Gasteiger charge is 2.22. The van der Waals surface area contributed by atoms with Gasteiger partial charge in [-0.15, -0.1) is 11.3 Å². The Kier molecular flexibility index (Phi) is 6.01. The molecule has 0 aliphatic carbocycles. The number of thiophene rings is 1. The van der Waals surface area contributed by atoms with Gasteiger partial charge in [-0.1, -0.05) is 78.9 Å². The van der Waals surface area contributed by atoms with Gasteiger partial charge in [0.1, 0.15) is 5.00 Å². The van der Waals surface area contributed by atoms with Crippen molar-refractivity contribution in [2.24, 2.45) is 0 Å². The SMILES string of the molecule is O=C(Cc1ccccc1)Nc1scc(-c2ccccc2)c1C(=O)Nc1ccccc1. The molecule has 30 heavy (non-hydrogen) atoms. The van der Waals surface area contributed by atoms with Crippen LogP contribution in [0.1, 0.15) is 15.9 Å². The highest BCUT2D eigenvalue weighted by atomic mass is 32.1. The molecule has 0 fully saturated rings. The molecule has 0 saturated heterocycles. The summed E-state index contributed by atoms with van der Waals surface area (Å²) in [5.74, 6) is -0.410. The van der Waals surface area contributed by atoms with Crippen LogP contribution in [0.2, 0.25) is 0 Å². The summed E-state index contributed by atoms with van der Waals surface area (Å²) in [6, 6.07) is 28.5. The molecule has 0 atom stereocenters. The Morgan fingerprint density at radius 3 is 2.00 bits per heavy atom. The summed E-state index contributed by atoms with van der Waals surface area (Å²) < 4.78 is 0. The molecule has 3 aromatic carbocycles. The van der Waals surface area contributed by atoms with Crippen molar-refractivity contribution in [3.63, 3.8) is 0 Å². The smallest absolute Gasteiger partial charge is 0.259 e. The predicted octanol–water partition coefficient (Wildman–Crippen LogP) is 5.85. The third kappa shape index (κ3) is 4.64. The van der Waals surface area contributed by atoms with Crippen LogP contribution in [0, 0.1) is 0 Å². The van der Waals surface area contributed by atoms with Gasteiger partial charge in [0.15, 0.2) is 0 Å². The number of nitrogens with one attached hydrogen (secondary N) is 2. The molecule has 0 aliphatic rings. The second-order valence-electron chi connectivity index (χ2n) is 6.75. The van der Waals surface area contributed by atoms with E-state index in [2.05, 4.69) is 10.6 Å². The van der Waals surface area contributed by atoms with Crippen molar-refractivity contribution < 1.29 is 9.59 Å². The summed E-state index contributed by atoms with van der Waals surface area (Å²) in [4.78, 5) is 25.8. The average molecular weight is 413 g/mol. The number of rotatable bonds is 6. The third-order valence-corrected chi connectivity index (χ3v) is 5.49. The van der Waals surface area contributed by atoms with E-state index in [1.54, 1.807) is 0 Å². The summed E-state index contributed by atoms with van der Waals surface area (Å²) in [6.45, 7) is 0. The lowest BCUT2D eigenvalue weighted by atomic mass is 10.0. The highest BCUT2D eigenvalue weighted by molar-refractivity contribution is 7.15. The Labute approximate surface area is 179 Å². The summed E-state index contributed by atoms with van der Waals surface area (Å²) in [7, 11) is 0. The number of hydrogen-bond acceptors (Lipinski definition) is 3. The van der Waals surface area contributed by atoms with Crippen molar-refractivity contribution in [3.8, 4) is 11.1 Å². The van der Waals surface area contributed by atoms with Crippen LogP contribution in [0.4, 0.5) is 10.7 Å². The van der Waals surface area contributed by atoms with Gasteiger partial charge in [-0.05, 0) is 23.3 Å². The van der Waals surface area contributed by atoms with Gasteiger partial charge in [0, 0.05) is 16.6 Å². The van der Waals surface area contributed by atoms with E-state index in [9.17, 15) is 9.59 Å². The van der Waals surface area contributed by atoms with E-state index in [0.717, 1.165) is 16.7 Å². The van der Waals surface area contributed by atoms with Gasteiger partial charge in [0.25, 0.3) is 5.91 Å². The lowest BCUT2D eigenvalue weighted by Gasteiger charge is -2.10. The first-order chi connectivity index (χ1) is 14.7. The van der Waals surface area contributed by atoms with E-state index in [1.807, 2.05) is 96.4 Å². The number of benzene rings is 3. The molecule has 0 aliphatic heterocycles. The first-order valence-electron chi connectivity index (χ1n) is 9.58. The Morgan fingerprint density at radius 2 is 1.33 bits per heavy atom. The minimum absolute atomic E-state index is 0.156. The molecule has 0 radical (unpaired) electrons. The summed E-state index contributed by atoms with van der Waals surface area (Å²) in [5, 5.41) is 8.32. The second-order valence-corrected chi connectivity index (χ2v) is 7.63. The molecule has 2 amide bonds. The van der Waals surface area contributed by atoms with Gasteiger partial charge in [-0.25, -0.2) is 0 Å². The summed E-state index contributed by atoms with van der Waals surface area (Å²) >= 11 is 1.36. The number of anilines is 2. The predicted molar refractivity (Wildman–Crippen MR) is 123 cm³/mol. The molecular weight excluding hydrogens is 392 g/mol. The van der Waals surface area contributed by atoms with Gasteiger partial charge in [0.05, 0.1) is 12.0 Å². The highest BCUT2D eigenvalue weighted by Crippen LogP contribution is 2.36. The van der Waals surface area contributed by atoms with Crippen LogP contribution in [-0.2, 0) is 11.2 Å². The van der Waals surface area contributed by atoms with Crippen LogP contribution in [-0.4, -0.2) is 11.8 Å². The molecule has 0 saturated carbocycles. The number of carbonyl (C=O) groups is 2. The van der Waals surface area contributed by atoms with Crippen molar-refractivity contribution in [2.75, 3.05) is 10.6 Å². The van der Waals surface area contributed by atoms with Gasteiger partial charge >= 0.3 is 0 Å². The zero-order valence-corrected chi connectivity index (χ0v) is 17.0. The minimum atomic E-state index is -0.253. The zero-order chi connectivity index (χ0) is 20.8. The number of carbonyl (C=O) groups excluding carboxylic acids is 2. The Balaban J connectivity index is 1.63. The fraction of sp³-hybridized carbons (Fsp3) is 0.0400. The standard InChI is InChI=1S/C25H20N2O2S/c28-22(16-18-10-4-1-5-11-18)27-25-23(24(29)26-20-14-8-3-9-15-20)21(17-30-25)19-12-6-2-7-13-19/h1-15,17H,16H2,(H,26,29)(H,27,28). The maximum Gasteiger partial charge on any atom is 0.259 e. The quantitative estimate of drug-likeness (QED) is 0.417. The third-order valence-electron chi connectivity index (χ3n) is 4.59. The fourth-order valence-corrected chi connectivity index (χ4v) is 4.16. The Hall–Kier alpha value is -3.70. The summed E-state index contributed by atoms with van der Waals surface area (Å²) in [6.07, 6.45) is 0.249. The lowest BCUT2D eigenvalue weighted by molar-refractivity contribution is -0.115. The van der Waals surface area contributed by atoms with Crippen molar-refractivity contribution in [1.29, 1.82) is 0 Å².